The van der Waals surface area contributed by atoms with Gasteiger partial charge in [-0.3, -0.25) is 19.9 Å². The van der Waals surface area contributed by atoms with Crippen LogP contribution in [-0.2, 0) is 11.3 Å². The van der Waals surface area contributed by atoms with Crippen LogP contribution in [0.15, 0.2) is 22.6 Å². The number of piperazine rings is 1. The molecule has 0 atom stereocenters. The van der Waals surface area contributed by atoms with E-state index in [-0.39, 0.29) is 29.9 Å². The second-order valence-corrected chi connectivity index (χ2v) is 7.17. The smallest absolute Gasteiger partial charge is 0.240 e. The van der Waals surface area contributed by atoms with Crippen molar-refractivity contribution in [2.75, 3.05) is 45.2 Å². The summed E-state index contributed by atoms with van der Waals surface area (Å²) in [5.74, 6) is 0.514. The van der Waals surface area contributed by atoms with Crippen molar-refractivity contribution < 1.29 is 18.3 Å². The minimum Gasteiger partial charge on any atom is -0.494 e. The van der Waals surface area contributed by atoms with Crippen LogP contribution in [0.5, 0.6) is 5.75 Å². The lowest BCUT2D eigenvalue weighted by Gasteiger charge is -2.34. The lowest BCUT2D eigenvalue weighted by Crippen LogP contribution is -2.48. The summed E-state index contributed by atoms with van der Waals surface area (Å²) >= 11 is 0. The summed E-state index contributed by atoms with van der Waals surface area (Å²) < 4.78 is 24.3. The number of aryl methyl sites for hydroxylation is 1. The van der Waals surface area contributed by atoms with Gasteiger partial charge < -0.3 is 9.15 Å². The van der Waals surface area contributed by atoms with Crippen molar-refractivity contribution in [2.24, 2.45) is 0 Å². The number of furan rings is 1. The number of nitriles is 1. The van der Waals surface area contributed by atoms with Gasteiger partial charge in [0.2, 0.25) is 11.8 Å². The van der Waals surface area contributed by atoms with E-state index in [1.165, 1.54) is 13.2 Å². The fraction of sp³-hybridized carbons (Fsp3) is 0.429. The van der Waals surface area contributed by atoms with Crippen LogP contribution in [0.1, 0.15) is 22.5 Å². The van der Waals surface area contributed by atoms with Gasteiger partial charge in [-0.25, -0.2) is 4.39 Å². The molecule has 154 valence electrons. The summed E-state index contributed by atoms with van der Waals surface area (Å²) in [5.41, 5.74) is 2.00. The number of nitrogens with one attached hydrogen (secondary N) is 1. The van der Waals surface area contributed by atoms with Crippen molar-refractivity contribution in [1.82, 2.24) is 9.80 Å². The Morgan fingerprint density at radius 2 is 1.97 bits per heavy atom. The number of carbonyl (C=O) groups is 1. The molecule has 1 aromatic carbocycles. The van der Waals surface area contributed by atoms with E-state index in [0.29, 0.717) is 17.9 Å². The van der Waals surface area contributed by atoms with E-state index in [9.17, 15) is 14.4 Å². The minimum atomic E-state index is -0.361. The molecule has 0 unspecified atom stereocenters. The number of carbonyl (C=O) groups excluding carboxylic acids is 1. The topological polar surface area (TPSA) is 81.7 Å². The number of benzene rings is 1. The summed E-state index contributed by atoms with van der Waals surface area (Å²) in [6.45, 7) is 7.46. The molecular formula is C21H25FN4O3. The first-order valence-corrected chi connectivity index (χ1v) is 9.48. The van der Waals surface area contributed by atoms with Gasteiger partial charge in [-0.05, 0) is 31.5 Å². The monoisotopic (exact) mass is 400 g/mol. The molecule has 0 bridgehead atoms. The minimum absolute atomic E-state index is 0.207. The zero-order chi connectivity index (χ0) is 21.0. The summed E-state index contributed by atoms with van der Waals surface area (Å²) in [6.07, 6.45) is 0. The van der Waals surface area contributed by atoms with Crippen LogP contribution >= 0.6 is 0 Å². The predicted octanol–water partition coefficient (Wildman–Crippen LogP) is 2.67. The van der Waals surface area contributed by atoms with Crippen LogP contribution in [0, 0.1) is 31.0 Å². The third kappa shape index (κ3) is 4.94. The predicted molar refractivity (Wildman–Crippen MR) is 106 cm³/mol. The molecule has 2 aromatic rings. The highest BCUT2D eigenvalue weighted by molar-refractivity contribution is 5.92. The van der Waals surface area contributed by atoms with Gasteiger partial charge in [-0.15, -0.1) is 0 Å². The molecule has 1 amide bonds. The van der Waals surface area contributed by atoms with Gasteiger partial charge in [0, 0.05) is 38.3 Å². The highest BCUT2D eigenvalue weighted by atomic mass is 19.1. The van der Waals surface area contributed by atoms with Crippen molar-refractivity contribution in [3.8, 4) is 11.8 Å². The third-order valence-electron chi connectivity index (χ3n) is 5.20. The fourth-order valence-corrected chi connectivity index (χ4v) is 3.39. The van der Waals surface area contributed by atoms with Crippen LogP contribution in [0.2, 0.25) is 0 Å². The number of methoxy groups -OCH3 is 1. The zero-order valence-electron chi connectivity index (χ0n) is 16.9. The van der Waals surface area contributed by atoms with E-state index < -0.39 is 0 Å². The molecule has 3 rings (SSSR count). The van der Waals surface area contributed by atoms with E-state index in [1.54, 1.807) is 19.9 Å². The Bertz CT molecular complexity index is 927. The molecule has 1 aliphatic rings. The summed E-state index contributed by atoms with van der Waals surface area (Å²) in [7, 11) is 1.45. The van der Waals surface area contributed by atoms with E-state index in [0.717, 1.165) is 37.3 Å². The summed E-state index contributed by atoms with van der Waals surface area (Å²) in [6, 6.07) is 7.07. The number of ether oxygens (including phenoxy) is 1. The quantitative estimate of drug-likeness (QED) is 0.803. The van der Waals surface area contributed by atoms with Crippen molar-refractivity contribution in [2.45, 2.75) is 20.4 Å². The Morgan fingerprint density at radius 3 is 2.59 bits per heavy atom. The molecule has 1 saturated heterocycles. The van der Waals surface area contributed by atoms with Crippen LogP contribution in [0.3, 0.4) is 0 Å². The van der Waals surface area contributed by atoms with E-state index in [2.05, 4.69) is 21.2 Å². The maximum Gasteiger partial charge on any atom is 0.240 e. The normalized spacial score (nSPS) is 15.1. The molecule has 8 heteroatoms. The molecule has 0 radical (unpaired) electrons. The van der Waals surface area contributed by atoms with E-state index >= 15 is 0 Å². The van der Waals surface area contributed by atoms with Gasteiger partial charge in [0.15, 0.2) is 11.6 Å². The number of amides is 1. The molecule has 0 saturated carbocycles. The van der Waals surface area contributed by atoms with Crippen LogP contribution < -0.4 is 10.1 Å². The van der Waals surface area contributed by atoms with E-state index in [4.69, 9.17) is 9.15 Å². The maximum atomic E-state index is 13.8. The number of nitrogens with zero attached hydrogens (tertiary/aromatic N) is 3. The summed E-state index contributed by atoms with van der Waals surface area (Å²) in [4.78, 5) is 16.6. The van der Waals surface area contributed by atoms with Gasteiger partial charge in [-0.2, -0.15) is 5.26 Å². The SMILES string of the molecule is COc1ccc(CN2CCN(CC(=O)Nc3oc(C)c(C)c3C#N)CC2)cc1F. The second kappa shape index (κ2) is 9.07. The highest BCUT2D eigenvalue weighted by Gasteiger charge is 2.21. The Labute approximate surface area is 169 Å². The van der Waals surface area contributed by atoms with Gasteiger partial charge in [0.1, 0.15) is 17.4 Å². The molecule has 1 N–H and O–H groups in total. The van der Waals surface area contributed by atoms with Crippen molar-refractivity contribution in [3.63, 3.8) is 0 Å². The standard InChI is InChI=1S/C21H25FN4O3/c1-14-15(2)29-21(17(14)11-23)24-20(27)13-26-8-6-25(7-9-26)12-16-4-5-19(28-3)18(22)10-16/h4-5,10H,6-9,12-13H2,1-3H3,(H,24,27). The molecule has 0 aliphatic carbocycles. The Hall–Kier alpha value is -2.89. The second-order valence-electron chi connectivity index (χ2n) is 7.17. The van der Waals surface area contributed by atoms with Gasteiger partial charge in [-0.1, -0.05) is 6.07 Å². The Balaban J connectivity index is 1.48. The number of rotatable bonds is 6. The van der Waals surface area contributed by atoms with Gasteiger partial charge >= 0.3 is 0 Å². The number of hydrogen-bond acceptors (Lipinski definition) is 6. The lowest BCUT2D eigenvalue weighted by atomic mass is 10.1. The number of hydrogen-bond donors (Lipinski definition) is 1. The molecule has 1 aliphatic heterocycles. The first-order chi connectivity index (χ1) is 13.9. The first kappa shape index (κ1) is 20.8. The average Bonchev–Trinajstić information content (AvgIpc) is 2.96. The first-order valence-electron chi connectivity index (χ1n) is 9.48. The number of anilines is 1. The molecule has 2 heterocycles. The zero-order valence-corrected chi connectivity index (χ0v) is 16.9. The van der Waals surface area contributed by atoms with Crippen molar-refractivity contribution in [3.05, 3.63) is 46.5 Å². The lowest BCUT2D eigenvalue weighted by molar-refractivity contribution is -0.117. The van der Waals surface area contributed by atoms with Crippen molar-refractivity contribution in [1.29, 1.82) is 5.26 Å². The van der Waals surface area contributed by atoms with Crippen molar-refractivity contribution >= 4 is 11.8 Å². The molecular weight excluding hydrogens is 375 g/mol. The molecule has 1 aromatic heterocycles. The molecule has 29 heavy (non-hydrogen) atoms. The Kier molecular flexibility index (Phi) is 6.52. The van der Waals surface area contributed by atoms with Gasteiger partial charge in [0.25, 0.3) is 0 Å². The van der Waals surface area contributed by atoms with Crippen LogP contribution in [-0.4, -0.2) is 55.5 Å². The van der Waals surface area contributed by atoms with Gasteiger partial charge in [0.05, 0.1) is 13.7 Å². The highest BCUT2D eigenvalue weighted by Crippen LogP contribution is 2.25. The molecule has 7 nitrogen and oxygen atoms in total. The average molecular weight is 400 g/mol. The third-order valence-corrected chi connectivity index (χ3v) is 5.20. The van der Waals surface area contributed by atoms with Crippen LogP contribution in [0.4, 0.5) is 10.3 Å². The molecule has 1 fully saturated rings. The molecule has 0 spiro atoms. The van der Waals surface area contributed by atoms with E-state index in [1.807, 2.05) is 6.07 Å². The number of halogens is 1. The largest absolute Gasteiger partial charge is 0.494 e. The fourth-order valence-electron chi connectivity index (χ4n) is 3.39. The van der Waals surface area contributed by atoms with Crippen LogP contribution in [0.25, 0.3) is 0 Å². The summed E-state index contributed by atoms with van der Waals surface area (Å²) in [5, 5.41) is 11.9. The Morgan fingerprint density at radius 1 is 1.28 bits per heavy atom. The maximum absolute atomic E-state index is 13.8.